The van der Waals surface area contributed by atoms with Gasteiger partial charge < -0.3 is 25.4 Å². The van der Waals surface area contributed by atoms with Gasteiger partial charge in [-0.1, -0.05) is 67.6 Å². The molecular weight excluding hydrogens is 470 g/mol. The van der Waals surface area contributed by atoms with Gasteiger partial charge in [0.05, 0.1) is 30.1 Å². The van der Waals surface area contributed by atoms with Gasteiger partial charge in [0.25, 0.3) is 0 Å². The molecule has 3 amide bonds. The minimum absolute atomic E-state index is 0.240. The molecular formula is C29H35N3O5. The summed E-state index contributed by atoms with van der Waals surface area (Å²) < 4.78 is 6.72. The van der Waals surface area contributed by atoms with Gasteiger partial charge in [-0.2, -0.15) is 0 Å². The Kier molecular flexibility index (Phi) is 6.81. The Balaban J connectivity index is 1.54. The molecule has 3 fully saturated rings. The molecule has 3 N–H and O–H groups in total. The van der Waals surface area contributed by atoms with Gasteiger partial charge in [-0.15, -0.1) is 0 Å². The van der Waals surface area contributed by atoms with E-state index in [9.17, 15) is 19.5 Å². The molecule has 196 valence electrons. The third-order valence-corrected chi connectivity index (χ3v) is 8.62. The van der Waals surface area contributed by atoms with Crippen LogP contribution in [-0.4, -0.2) is 64.7 Å². The second-order valence-corrected chi connectivity index (χ2v) is 10.4. The summed E-state index contributed by atoms with van der Waals surface area (Å²) in [5.74, 6) is -2.32. The summed E-state index contributed by atoms with van der Waals surface area (Å²) in [7, 11) is 1.57. The molecule has 0 saturated carbocycles. The van der Waals surface area contributed by atoms with Crippen molar-refractivity contribution in [3.05, 3.63) is 71.8 Å². The highest BCUT2D eigenvalue weighted by molar-refractivity contribution is 5.99. The highest BCUT2D eigenvalue weighted by atomic mass is 16.5. The second kappa shape index (κ2) is 9.91. The van der Waals surface area contributed by atoms with E-state index in [1.165, 1.54) is 4.90 Å². The van der Waals surface area contributed by atoms with Gasteiger partial charge in [-0.3, -0.25) is 14.4 Å². The van der Waals surface area contributed by atoms with Gasteiger partial charge in [-0.25, -0.2) is 0 Å². The van der Waals surface area contributed by atoms with Crippen LogP contribution in [0.25, 0.3) is 0 Å². The number of carbonyl (C=O) groups is 3. The first kappa shape index (κ1) is 25.4. The van der Waals surface area contributed by atoms with Gasteiger partial charge >= 0.3 is 0 Å². The molecule has 3 heterocycles. The van der Waals surface area contributed by atoms with E-state index in [2.05, 4.69) is 10.6 Å². The van der Waals surface area contributed by atoms with Crippen molar-refractivity contribution in [1.29, 1.82) is 0 Å². The van der Waals surface area contributed by atoms with Crippen molar-refractivity contribution in [1.82, 2.24) is 15.5 Å². The smallest absolute Gasteiger partial charge is 0.246 e. The molecule has 2 unspecified atom stereocenters. The lowest BCUT2D eigenvalue weighted by Gasteiger charge is -2.37. The van der Waals surface area contributed by atoms with E-state index < -0.39 is 35.1 Å². The van der Waals surface area contributed by atoms with Gasteiger partial charge in [0.2, 0.25) is 17.7 Å². The number of hydrogen-bond donors (Lipinski definition) is 3. The van der Waals surface area contributed by atoms with E-state index in [0.717, 1.165) is 11.1 Å². The lowest BCUT2D eigenvalue weighted by Crippen LogP contribution is -2.58. The molecule has 2 aromatic carbocycles. The zero-order chi connectivity index (χ0) is 26.2. The fourth-order valence-electron chi connectivity index (χ4n) is 6.92. The molecule has 6 atom stereocenters. The van der Waals surface area contributed by atoms with E-state index in [4.69, 9.17) is 4.74 Å². The molecule has 8 heteroatoms. The average Bonchev–Trinajstić information content (AvgIpc) is 3.54. The Morgan fingerprint density at radius 1 is 1.05 bits per heavy atom. The van der Waals surface area contributed by atoms with Crippen LogP contribution < -0.4 is 10.6 Å². The molecule has 0 radical (unpaired) electrons. The Morgan fingerprint density at radius 2 is 1.70 bits per heavy atom. The van der Waals surface area contributed by atoms with Gasteiger partial charge in [-0.05, 0) is 36.8 Å². The number of benzene rings is 2. The van der Waals surface area contributed by atoms with Crippen LogP contribution in [0, 0.1) is 11.8 Å². The van der Waals surface area contributed by atoms with E-state index in [-0.39, 0.29) is 24.3 Å². The molecule has 0 aromatic heterocycles. The molecule has 5 rings (SSSR count). The first-order valence-electron chi connectivity index (χ1n) is 13.1. The quantitative estimate of drug-likeness (QED) is 0.482. The molecule has 3 aliphatic heterocycles. The monoisotopic (exact) mass is 505 g/mol. The number of fused-ring (bicyclic) bond motifs is 1. The topological polar surface area (TPSA) is 108 Å². The van der Waals surface area contributed by atoms with Crippen molar-refractivity contribution in [2.45, 2.75) is 62.4 Å². The fourth-order valence-corrected chi connectivity index (χ4v) is 6.92. The highest BCUT2D eigenvalue weighted by Crippen LogP contribution is 2.64. The van der Waals surface area contributed by atoms with Crippen LogP contribution in [0.15, 0.2) is 60.7 Å². The summed E-state index contributed by atoms with van der Waals surface area (Å²) in [6.45, 7) is 1.96. The summed E-state index contributed by atoms with van der Waals surface area (Å²) >= 11 is 0. The number of rotatable bonds is 9. The van der Waals surface area contributed by atoms with E-state index in [0.29, 0.717) is 32.2 Å². The maximum atomic E-state index is 14.2. The highest BCUT2D eigenvalue weighted by Gasteiger charge is 2.79. The molecule has 0 aliphatic carbocycles. The maximum Gasteiger partial charge on any atom is 0.246 e. The minimum Gasteiger partial charge on any atom is -0.394 e. The first-order valence-corrected chi connectivity index (χ1v) is 13.1. The zero-order valence-electron chi connectivity index (χ0n) is 21.4. The first-order chi connectivity index (χ1) is 17.9. The molecule has 37 heavy (non-hydrogen) atoms. The lowest BCUT2D eigenvalue weighted by atomic mass is 9.65. The van der Waals surface area contributed by atoms with E-state index in [1.807, 2.05) is 67.6 Å². The fraction of sp³-hybridized carbons (Fsp3) is 0.483. The van der Waals surface area contributed by atoms with Crippen LogP contribution in [0.1, 0.15) is 37.3 Å². The Morgan fingerprint density at radius 3 is 2.30 bits per heavy atom. The molecule has 2 bridgehead atoms. The normalized spacial score (nSPS) is 30.7. The Hall–Kier alpha value is -3.23. The van der Waals surface area contributed by atoms with Gasteiger partial charge in [0.15, 0.2) is 0 Å². The predicted molar refractivity (Wildman–Crippen MR) is 137 cm³/mol. The van der Waals surface area contributed by atoms with Gasteiger partial charge in [0.1, 0.15) is 11.6 Å². The number of aliphatic hydroxyl groups excluding tert-OH is 1. The SMILES string of the molecule is CC[C@]12CCC3(O1)C(C(=O)NCc1ccccc1)N([C@@H](CO)Cc1ccccc1)C(=O)[C@@H]3[C@H]2C(=O)NC. The number of nitrogens with zero attached hydrogens (tertiary/aromatic N) is 1. The molecule has 1 spiro atoms. The second-order valence-electron chi connectivity index (χ2n) is 10.4. The standard InChI is InChI=1S/C29H35N3O5/c1-3-28-14-15-29(37-28)23(22(28)25(34)30-2)27(36)32(21(18-33)16-19-10-6-4-7-11-19)24(29)26(35)31-17-20-12-8-5-9-13-20/h4-13,21-24,33H,3,14-18H2,1-2H3,(H,30,34)(H,31,35)/t21-,22+,23+,24?,28-,29?/m1/s1. The number of nitrogens with one attached hydrogen (secondary N) is 2. The van der Waals surface area contributed by atoms with Crippen molar-refractivity contribution in [3.63, 3.8) is 0 Å². The van der Waals surface area contributed by atoms with Crippen LogP contribution >= 0.6 is 0 Å². The van der Waals surface area contributed by atoms with Crippen molar-refractivity contribution < 1.29 is 24.2 Å². The number of ether oxygens (including phenoxy) is 1. The average molecular weight is 506 g/mol. The third kappa shape index (κ3) is 4.03. The maximum absolute atomic E-state index is 14.2. The summed E-state index contributed by atoms with van der Waals surface area (Å²) in [6.07, 6.45) is 2.07. The number of hydrogen-bond acceptors (Lipinski definition) is 5. The number of carbonyl (C=O) groups excluding carboxylic acids is 3. The zero-order valence-corrected chi connectivity index (χ0v) is 21.4. The Bertz CT molecular complexity index is 1160. The third-order valence-electron chi connectivity index (χ3n) is 8.62. The number of aliphatic hydroxyl groups is 1. The van der Waals surface area contributed by atoms with E-state index in [1.54, 1.807) is 7.05 Å². The summed E-state index contributed by atoms with van der Waals surface area (Å²) in [6, 6.07) is 17.6. The van der Waals surface area contributed by atoms with Crippen LogP contribution in [-0.2, 0) is 32.1 Å². The summed E-state index contributed by atoms with van der Waals surface area (Å²) in [4.78, 5) is 42.9. The van der Waals surface area contributed by atoms with Gasteiger partial charge in [0, 0.05) is 13.6 Å². The molecule has 8 nitrogen and oxygen atoms in total. The van der Waals surface area contributed by atoms with Crippen molar-refractivity contribution in [3.8, 4) is 0 Å². The van der Waals surface area contributed by atoms with Crippen LogP contribution in [0.2, 0.25) is 0 Å². The number of likely N-dealkylation sites (tertiary alicyclic amines) is 1. The Labute approximate surface area is 217 Å². The van der Waals surface area contributed by atoms with Crippen molar-refractivity contribution in [2.24, 2.45) is 11.8 Å². The van der Waals surface area contributed by atoms with Crippen LogP contribution in [0.5, 0.6) is 0 Å². The van der Waals surface area contributed by atoms with E-state index >= 15 is 0 Å². The summed E-state index contributed by atoms with van der Waals surface area (Å²) in [5, 5.41) is 16.2. The predicted octanol–water partition coefficient (Wildman–Crippen LogP) is 1.81. The van der Waals surface area contributed by atoms with Crippen LogP contribution in [0.4, 0.5) is 0 Å². The molecule has 2 aromatic rings. The molecule has 3 saturated heterocycles. The van der Waals surface area contributed by atoms with Crippen LogP contribution in [0.3, 0.4) is 0 Å². The van der Waals surface area contributed by atoms with Crippen molar-refractivity contribution in [2.75, 3.05) is 13.7 Å². The number of amides is 3. The summed E-state index contributed by atoms with van der Waals surface area (Å²) in [5.41, 5.74) is -0.00700. The molecule has 3 aliphatic rings. The van der Waals surface area contributed by atoms with Crippen molar-refractivity contribution >= 4 is 17.7 Å². The largest absolute Gasteiger partial charge is 0.394 e. The lowest BCUT2D eigenvalue weighted by molar-refractivity contribution is -0.151. The minimum atomic E-state index is -1.12.